The molecule has 114 valence electrons. The number of rotatable bonds is 2. The van der Waals surface area contributed by atoms with E-state index in [1.165, 1.54) is 0 Å². The molecular formula is C15H23N5O. The Morgan fingerprint density at radius 3 is 2.62 bits per heavy atom. The first kappa shape index (κ1) is 14.3. The molecule has 0 spiro atoms. The minimum Gasteiger partial charge on any atom is -0.339 e. The normalized spacial score (nSPS) is 26.7. The van der Waals surface area contributed by atoms with E-state index in [2.05, 4.69) is 27.1 Å². The van der Waals surface area contributed by atoms with Gasteiger partial charge in [0.1, 0.15) is 0 Å². The highest BCUT2D eigenvalue weighted by molar-refractivity contribution is 5.79. The van der Waals surface area contributed by atoms with Crippen LogP contribution in [0.25, 0.3) is 0 Å². The first-order chi connectivity index (χ1) is 10.2. The zero-order chi connectivity index (χ0) is 14.7. The van der Waals surface area contributed by atoms with Crippen molar-refractivity contribution < 1.29 is 4.79 Å². The minimum atomic E-state index is 0.195. The molecule has 1 amide bonds. The van der Waals surface area contributed by atoms with E-state index in [1.54, 1.807) is 12.4 Å². The topological polar surface area (TPSA) is 61.4 Å². The molecule has 21 heavy (non-hydrogen) atoms. The monoisotopic (exact) mass is 289 g/mol. The lowest BCUT2D eigenvalue weighted by Crippen LogP contribution is -2.52. The molecule has 2 unspecified atom stereocenters. The van der Waals surface area contributed by atoms with Crippen LogP contribution in [-0.2, 0) is 4.79 Å². The van der Waals surface area contributed by atoms with Gasteiger partial charge >= 0.3 is 0 Å². The smallest absolute Gasteiger partial charge is 0.225 e. The molecule has 3 rings (SSSR count). The summed E-state index contributed by atoms with van der Waals surface area (Å²) in [7, 11) is 0. The second kappa shape index (κ2) is 6.39. The van der Waals surface area contributed by atoms with Crippen LogP contribution in [0.3, 0.4) is 0 Å². The summed E-state index contributed by atoms with van der Waals surface area (Å²) in [4.78, 5) is 25.3. The summed E-state index contributed by atoms with van der Waals surface area (Å²) in [5, 5.41) is 3.40. The minimum absolute atomic E-state index is 0.195. The second-order valence-electron chi connectivity index (χ2n) is 5.94. The number of carbonyl (C=O) groups excluding carboxylic acids is 1. The van der Waals surface area contributed by atoms with Crippen LogP contribution in [0.1, 0.15) is 19.8 Å². The van der Waals surface area contributed by atoms with E-state index in [0.717, 1.165) is 51.5 Å². The van der Waals surface area contributed by atoms with Gasteiger partial charge in [0.25, 0.3) is 0 Å². The van der Waals surface area contributed by atoms with Crippen LogP contribution >= 0.6 is 0 Å². The molecule has 1 aromatic heterocycles. The Bertz CT molecular complexity index is 472. The van der Waals surface area contributed by atoms with E-state index >= 15 is 0 Å². The SMILES string of the molecule is CC1CC(C(=O)N2CCN(c3ncccn3)CC2)CCN1. The Hall–Kier alpha value is -1.69. The molecule has 0 saturated carbocycles. The Kier molecular flexibility index (Phi) is 4.34. The summed E-state index contributed by atoms with van der Waals surface area (Å²) in [5.41, 5.74) is 0. The number of amides is 1. The average molecular weight is 289 g/mol. The predicted molar refractivity (Wildman–Crippen MR) is 81.0 cm³/mol. The molecule has 6 nitrogen and oxygen atoms in total. The average Bonchev–Trinajstić information content (AvgIpc) is 2.55. The number of hydrogen-bond donors (Lipinski definition) is 1. The van der Waals surface area contributed by atoms with Crippen LogP contribution in [0.5, 0.6) is 0 Å². The van der Waals surface area contributed by atoms with Crippen molar-refractivity contribution in [3.05, 3.63) is 18.5 Å². The highest BCUT2D eigenvalue weighted by Crippen LogP contribution is 2.20. The summed E-state index contributed by atoms with van der Waals surface area (Å²) in [6, 6.07) is 2.27. The third-order valence-electron chi connectivity index (χ3n) is 4.40. The van der Waals surface area contributed by atoms with E-state index in [9.17, 15) is 4.79 Å². The molecular weight excluding hydrogens is 266 g/mol. The molecule has 0 aliphatic carbocycles. The highest BCUT2D eigenvalue weighted by Gasteiger charge is 2.30. The molecule has 0 bridgehead atoms. The number of aromatic nitrogens is 2. The van der Waals surface area contributed by atoms with E-state index in [4.69, 9.17) is 0 Å². The second-order valence-corrected chi connectivity index (χ2v) is 5.94. The van der Waals surface area contributed by atoms with Gasteiger partial charge in [0.15, 0.2) is 0 Å². The molecule has 2 saturated heterocycles. The summed E-state index contributed by atoms with van der Waals surface area (Å²) in [6.45, 7) is 6.29. The van der Waals surface area contributed by atoms with Gasteiger partial charge < -0.3 is 15.1 Å². The quantitative estimate of drug-likeness (QED) is 0.860. The number of piperidine rings is 1. The van der Waals surface area contributed by atoms with Crippen molar-refractivity contribution in [1.82, 2.24) is 20.2 Å². The van der Waals surface area contributed by atoms with Crippen molar-refractivity contribution >= 4 is 11.9 Å². The number of nitrogens with zero attached hydrogens (tertiary/aromatic N) is 4. The fourth-order valence-corrected chi connectivity index (χ4v) is 3.20. The molecule has 3 heterocycles. The van der Waals surface area contributed by atoms with Crippen molar-refractivity contribution in [3.8, 4) is 0 Å². The van der Waals surface area contributed by atoms with Gasteiger partial charge in [-0.15, -0.1) is 0 Å². The lowest BCUT2D eigenvalue weighted by molar-refractivity contribution is -0.137. The Morgan fingerprint density at radius 1 is 1.24 bits per heavy atom. The maximum atomic E-state index is 12.6. The van der Waals surface area contributed by atoms with Crippen LogP contribution in [0, 0.1) is 5.92 Å². The van der Waals surface area contributed by atoms with Gasteiger partial charge in [0, 0.05) is 50.5 Å². The van der Waals surface area contributed by atoms with Gasteiger partial charge in [-0.2, -0.15) is 0 Å². The standard InChI is InChI=1S/C15H23N5O/c1-12-11-13(3-6-16-12)14(21)19-7-9-20(10-8-19)15-17-4-2-5-18-15/h2,4-5,12-13,16H,3,6-11H2,1H3. The number of piperazine rings is 1. The number of hydrogen-bond acceptors (Lipinski definition) is 5. The van der Waals surface area contributed by atoms with E-state index in [-0.39, 0.29) is 5.92 Å². The molecule has 0 aromatic carbocycles. The van der Waals surface area contributed by atoms with Gasteiger partial charge in [-0.25, -0.2) is 9.97 Å². The van der Waals surface area contributed by atoms with Crippen molar-refractivity contribution in [2.24, 2.45) is 5.92 Å². The number of anilines is 1. The Balaban J connectivity index is 1.54. The molecule has 2 fully saturated rings. The van der Waals surface area contributed by atoms with Crippen molar-refractivity contribution in [1.29, 1.82) is 0 Å². The van der Waals surface area contributed by atoms with Gasteiger partial charge in [-0.1, -0.05) is 0 Å². The van der Waals surface area contributed by atoms with Crippen LogP contribution in [0.4, 0.5) is 5.95 Å². The van der Waals surface area contributed by atoms with Crippen molar-refractivity contribution in [3.63, 3.8) is 0 Å². The first-order valence-corrected chi connectivity index (χ1v) is 7.78. The third-order valence-corrected chi connectivity index (χ3v) is 4.40. The summed E-state index contributed by atoms with van der Waals surface area (Å²) >= 11 is 0. The predicted octanol–water partition coefficient (Wildman–Crippen LogP) is 0.513. The molecule has 6 heteroatoms. The first-order valence-electron chi connectivity index (χ1n) is 7.78. The van der Waals surface area contributed by atoms with Crippen molar-refractivity contribution in [2.75, 3.05) is 37.6 Å². The summed E-state index contributed by atoms with van der Waals surface area (Å²) in [6.07, 6.45) is 5.44. The lowest BCUT2D eigenvalue weighted by atomic mass is 9.92. The lowest BCUT2D eigenvalue weighted by Gasteiger charge is -2.38. The van der Waals surface area contributed by atoms with E-state index in [0.29, 0.717) is 11.9 Å². The van der Waals surface area contributed by atoms with E-state index in [1.807, 2.05) is 11.0 Å². The van der Waals surface area contributed by atoms with Gasteiger partial charge in [0.05, 0.1) is 0 Å². The van der Waals surface area contributed by atoms with Crippen LogP contribution in [-0.4, -0.2) is 59.5 Å². The van der Waals surface area contributed by atoms with Gasteiger partial charge in [-0.3, -0.25) is 4.79 Å². The molecule has 0 radical (unpaired) electrons. The molecule has 1 aromatic rings. The summed E-state index contributed by atoms with van der Waals surface area (Å²) in [5.74, 6) is 1.29. The molecule has 1 N–H and O–H groups in total. The number of carbonyl (C=O) groups is 1. The fraction of sp³-hybridized carbons (Fsp3) is 0.667. The Labute approximate surface area is 125 Å². The molecule has 2 aliphatic rings. The Morgan fingerprint density at radius 2 is 1.95 bits per heavy atom. The summed E-state index contributed by atoms with van der Waals surface area (Å²) < 4.78 is 0. The van der Waals surface area contributed by atoms with Gasteiger partial charge in [-0.05, 0) is 32.4 Å². The van der Waals surface area contributed by atoms with Crippen LogP contribution in [0.2, 0.25) is 0 Å². The van der Waals surface area contributed by atoms with Crippen LogP contribution < -0.4 is 10.2 Å². The zero-order valence-electron chi connectivity index (χ0n) is 12.5. The third kappa shape index (κ3) is 3.32. The maximum Gasteiger partial charge on any atom is 0.225 e. The van der Waals surface area contributed by atoms with E-state index < -0.39 is 0 Å². The van der Waals surface area contributed by atoms with Crippen LogP contribution in [0.15, 0.2) is 18.5 Å². The zero-order valence-corrected chi connectivity index (χ0v) is 12.5. The number of nitrogens with one attached hydrogen (secondary N) is 1. The highest BCUT2D eigenvalue weighted by atomic mass is 16.2. The van der Waals surface area contributed by atoms with Gasteiger partial charge in [0.2, 0.25) is 11.9 Å². The maximum absolute atomic E-state index is 12.6. The largest absolute Gasteiger partial charge is 0.339 e. The molecule has 2 atom stereocenters. The fourth-order valence-electron chi connectivity index (χ4n) is 3.20. The van der Waals surface area contributed by atoms with Crippen molar-refractivity contribution in [2.45, 2.75) is 25.8 Å². The molecule has 2 aliphatic heterocycles.